The van der Waals surface area contributed by atoms with E-state index in [4.69, 9.17) is 0 Å². The SMILES string of the molecule is Cc1cc(C)c(NC(=O)CNC(=O)NCCc2cc(Br)ccc2F)c(C)c1. The summed E-state index contributed by atoms with van der Waals surface area (Å²) in [7, 11) is 0. The van der Waals surface area contributed by atoms with Crippen molar-refractivity contribution < 1.29 is 14.0 Å². The van der Waals surface area contributed by atoms with E-state index in [-0.39, 0.29) is 24.8 Å². The highest BCUT2D eigenvalue weighted by Crippen LogP contribution is 2.21. The number of carbonyl (C=O) groups is 2. The van der Waals surface area contributed by atoms with E-state index in [2.05, 4.69) is 31.9 Å². The molecule has 0 aromatic heterocycles. The number of amides is 3. The number of benzene rings is 2. The molecule has 0 aliphatic rings. The number of hydrogen-bond donors (Lipinski definition) is 3. The molecule has 2 aromatic rings. The first-order chi connectivity index (χ1) is 12.8. The van der Waals surface area contributed by atoms with Gasteiger partial charge >= 0.3 is 6.03 Å². The van der Waals surface area contributed by atoms with Gasteiger partial charge in [-0.2, -0.15) is 0 Å². The Bertz CT molecular complexity index is 832. The van der Waals surface area contributed by atoms with Crippen LogP contribution in [0.25, 0.3) is 0 Å². The fraction of sp³-hybridized carbons (Fsp3) is 0.300. The third-order valence-corrected chi connectivity index (χ3v) is 4.53. The number of rotatable bonds is 6. The van der Waals surface area contributed by atoms with Crippen LogP contribution in [0.2, 0.25) is 0 Å². The largest absolute Gasteiger partial charge is 0.338 e. The molecule has 2 rings (SSSR count). The molecule has 144 valence electrons. The Balaban J connectivity index is 1.77. The maximum Gasteiger partial charge on any atom is 0.315 e. The molecule has 0 unspecified atom stereocenters. The average Bonchev–Trinajstić information content (AvgIpc) is 2.59. The van der Waals surface area contributed by atoms with Gasteiger partial charge in [-0.25, -0.2) is 9.18 Å². The van der Waals surface area contributed by atoms with Crippen molar-refractivity contribution >= 4 is 33.6 Å². The lowest BCUT2D eigenvalue weighted by atomic mass is 10.1. The van der Waals surface area contributed by atoms with E-state index in [1.807, 2.05) is 32.9 Å². The summed E-state index contributed by atoms with van der Waals surface area (Å²) in [5, 5.41) is 7.94. The summed E-state index contributed by atoms with van der Waals surface area (Å²) >= 11 is 3.29. The maximum absolute atomic E-state index is 13.6. The van der Waals surface area contributed by atoms with Crippen LogP contribution in [0, 0.1) is 26.6 Å². The van der Waals surface area contributed by atoms with Crippen LogP contribution in [-0.2, 0) is 11.2 Å². The van der Waals surface area contributed by atoms with Crippen molar-refractivity contribution in [2.75, 3.05) is 18.4 Å². The molecule has 0 heterocycles. The second kappa shape index (κ2) is 9.50. The molecule has 0 bridgehead atoms. The molecule has 3 N–H and O–H groups in total. The number of nitrogens with one attached hydrogen (secondary N) is 3. The zero-order valence-corrected chi connectivity index (χ0v) is 17.2. The Labute approximate surface area is 166 Å². The molecule has 0 saturated carbocycles. The third-order valence-electron chi connectivity index (χ3n) is 4.04. The van der Waals surface area contributed by atoms with Gasteiger partial charge in [0.25, 0.3) is 0 Å². The molecule has 0 aliphatic carbocycles. The Morgan fingerprint density at radius 2 is 1.70 bits per heavy atom. The average molecular weight is 436 g/mol. The summed E-state index contributed by atoms with van der Waals surface area (Å²) in [5.41, 5.74) is 4.34. The van der Waals surface area contributed by atoms with Crippen LogP contribution in [0.4, 0.5) is 14.9 Å². The summed E-state index contributed by atoms with van der Waals surface area (Å²) in [6.07, 6.45) is 0.354. The zero-order valence-electron chi connectivity index (χ0n) is 15.6. The lowest BCUT2D eigenvalue weighted by molar-refractivity contribution is -0.115. The molecular weight excluding hydrogens is 413 g/mol. The minimum absolute atomic E-state index is 0.149. The lowest BCUT2D eigenvalue weighted by Crippen LogP contribution is -2.40. The highest BCUT2D eigenvalue weighted by molar-refractivity contribution is 9.10. The Morgan fingerprint density at radius 3 is 2.37 bits per heavy atom. The lowest BCUT2D eigenvalue weighted by Gasteiger charge is -2.13. The van der Waals surface area contributed by atoms with Gasteiger partial charge in [0.1, 0.15) is 5.82 Å². The number of hydrogen-bond acceptors (Lipinski definition) is 2. The minimum Gasteiger partial charge on any atom is -0.338 e. The van der Waals surface area contributed by atoms with Gasteiger partial charge in [-0.15, -0.1) is 0 Å². The molecule has 0 radical (unpaired) electrons. The van der Waals surface area contributed by atoms with Crippen LogP contribution >= 0.6 is 15.9 Å². The fourth-order valence-corrected chi connectivity index (χ4v) is 3.24. The Hall–Kier alpha value is -2.41. The summed E-state index contributed by atoms with van der Waals surface area (Å²) in [6, 6.07) is 8.17. The predicted molar refractivity (Wildman–Crippen MR) is 108 cm³/mol. The van der Waals surface area contributed by atoms with Crippen LogP contribution in [0.1, 0.15) is 22.3 Å². The van der Waals surface area contributed by atoms with Crippen LogP contribution in [-0.4, -0.2) is 25.0 Å². The normalized spacial score (nSPS) is 10.4. The van der Waals surface area contributed by atoms with E-state index in [1.165, 1.54) is 6.07 Å². The fourth-order valence-electron chi connectivity index (χ4n) is 2.83. The van der Waals surface area contributed by atoms with E-state index >= 15 is 0 Å². The first-order valence-electron chi connectivity index (χ1n) is 8.59. The van der Waals surface area contributed by atoms with Gasteiger partial charge in [-0.05, 0) is 62.1 Å². The first-order valence-corrected chi connectivity index (χ1v) is 9.39. The Kier molecular flexibility index (Phi) is 7.36. The van der Waals surface area contributed by atoms with E-state index in [9.17, 15) is 14.0 Å². The molecule has 3 amide bonds. The topological polar surface area (TPSA) is 70.2 Å². The van der Waals surface area contributed by atoms with Crippen molar-refractivity contribution in [1.29, 1.82) is 0 Å². The van der Waals surface area contributed by atoms with E-state index in [0.29, 0.717) is 12.0 Å². The van der Waals surface area contributed by atoms with Gasteiger partial charge in [-0.1, -0.05) is 33.6 Å². The Morgan fingerprint density at radius 1 is 1.04 bits per heavy atom. The molecule has 0 atom stereocenters. The van der Waals surface area contributed by atoms with Crippen LogP contribution in [0.5, 0.6) is 0 Å². The highest BCUT2D eigenvalue weighted by atomic mass is 79.9. The second-order valence-electron chi connectivity index (χ2n) is 6.42. The second-order valence-corrected chi connectivity index (χ2v) is 7.33. The smallest absolute Gasteiger partial charge is 0.315 e. The quantitative estimate of drug-likeness (QED) is 0.641. The van der Waals surface area contributed by atoms with Gasteiger partial charge in [0.2, 0.25) is 5.91 Å². The van der Waals surface area contributed by atoms with E-state index in [0.717, 1.165) is 26.9 Å². The molecule has 7 heteroatoms. The van der Waals surface area contributed by atoms with E-state index < -0.39 is 6.03 Å². The van der Waals surface area contributed by atoms with Crippen molar-refractivity contribution in [1.82, 2.24) is 10.6 Å². The van der Waals surface area contributed by atoms with Crippen molar-refractivity contribution in [3.8, 4) is 0 Å². The summed E-state index contributed by atoms with van der Waals surface area (Å²) in [6.45, 7) is 5.96. The summed E-state index contributed by atoms with van der Waals surface area (Å²) in [4.78, 5) is 23.9. The van der Waals surface area contributed by atoms with Crippen molar-refractivity contribution in [2.24, 2.45) is 0 Å². The van der Waals surface area contributed by atoms with Crippen molar-refractivity contribution in [3.05, 3.63) is 62.9 Å². The van der Waals surface area contributed by atoms with E-state index in [1.54, 1.807) is 12.1 Å². The monoisotopic (exact) mass is 435 g/mol. The van der Waals surface area contributed by atoms with Gasteiger partial charge in [0.15, 0.2) is 0 Å². The zero-order chi connectivity index (χ0) is 20.0. The van der Waals surface area contributed by atoms with Gasteiger partial charge in [-0.3, -0.25) is 4.79 Å². The summed E-state index contributed by atoms with van der Waals surface area (Å²) in [5.74, 6) is -0.623. The highest BCUT2D eigenvalue weighted by Gasteiger charge is 2.10. The number of halogens is 2. The van der Waals surface area contributed by atoms with Crippen LogP contribution < -0.4 is 16.0 Å². The molecule has 0 saturated heterocycles. The molecule has 2 aromatic carbocycles. The van der Waals surface area contributed by atoms with Gasteiger partial charge < -0.3 is 16.0 Å². The van der Waals surface area contributed by atoms with Crippen molar-refractivity contribution in [3.63, 3.8) is 0 Å². The first kappa shape index (κ1) is 20.9. The number of carbonyl (C=O) groups excluding carboxylic acids is 2. The predicted octanol–water partition coefficient (Wildman–Crippen LogP) is 3.99. The van der Waals surface area contributed by atoms with Crippen LogP contribution in [0.15, 0.2) is 34.8 Å². The maximum atomic E-state index is 13.6. The number of aryl methyl sites for hydroxylation is 3. The van der Waals surface area contributed by atoms with Crippen LogP contribution in [0.3, 0.4) is 0 Å². The van der Waals surface area contributed by atoms with Gasteiger partial charge in [0.05, 0.1) is 6.54 Å². The molecular formula is C20H23BrFN3O2. The minimum atomic E-state index is -0.474. The van der Waals surface area contributed by atoms with Crippen molar-refractivity contribution in [2.45, 2.75) is 27.2 Å². The summed E-state index contributed by atoms with van der Waals surface area (Å²) < 4.78 is 14.4. The van der Waals surface area contributed by atoms with Gasteiger partial charge in [0, 0.05) is 16.7 Å². The molecule has 27 heavy (non-hydrogen) atoms. The molecule has 5 nitrogen and oxygen atoms in total. The molecule has 0 aliphatic heterocycles. The number of urea groups is 1. The third kappa shape index (κ3) is 6.36. The number of anilines is 1. The standard InChI is InChI=1S/C20H23BrFN3O2/c1-12-8-13(2)19(14(3)9-12)25-18(26)11-24-20(27)23-7-6-15-10-16(21)4-5-17(15)22/h4-5,8-10H,6-7,11H2,1-3H3,(H,25,26)(H2,23,24,27). The molecule has 0 spiro atoms. The molecule has 0 fully saturated rings.